The molecule has 0 saturated carbocycles. The average molecular weight is 151 g/mol. The van der Waals surface area contributed by atoms with E-state index in [1.54, 1.807) is 0 Å². The highest BCUT2D eigenvalue weighted by Crippen LogP contribution is 2.27. The van der Waals surface area contributed by atoms with Gasteiger partial charge in [-0.15, -0.1) is 0 Å². The van der Waals surface area contributed by atoms with Crippen molar-refractivity contribution in [3.8, 4) is 5.75 Å². The Hall–Kier alpha value is -1.56. The van der Waals surface area contributed by atoms with Gasteiger partial charge in [0.05, 0.1) is 13.7 Å². The van der Waals surface area contributed by atoms with Crippen molar-refractivity contribution < 1.29 is 9.13 Å². The topological polar surface area (TPSA) is 13.6 Å². The minimum atomic E-state index is -0.420. The van der Waals surface area contributed by atoms with Gasteiger partial charge >= 0.3 is 0 Å². The van der Waals surface area contributed by atoms with Gasteiger partial charge in [0.25, 0.3) is 0 Å². The lowest BCUT2D eigenvalue weighted by molar-refractivity contribution is 0.416. The molecular weight excluding hydrogens is 145 g/mol. The van der Waals surface area contributed by atoms with Gasteiger partial charge in [0.2, 0.25) is 5.69 Å². The molecule has 3 heteroatoms. The van der Waals surface area contributed by atoms with Crippen LogP contribution in [-0.4, -0.2) is 7.11 Å². The van der Waals surface area contributed by atoms with Crippen molar-refractivity contribution in [1.82, 2.24) is 0 Å². The Kier molecular flexibility index (Phi) is 2.07. The first-order valence-corrected chi connectivity index (χ1v) is 2.99. The first kappa shape index (κ1) is 7.55. The van der Waals surface area contributed by atoms with E-state index in [4.69, 9.17) is 11.3 Å². The van der Waals surface area contributed by atoms with Crippen LogP contribution in [-0.2, 0) is 0 Å². The molecule has 0 unspecified atom stereocenters. The van der Waals surface area contributed by atoms with E-state index in [-0.39, 0.29) is 5.69 Å². The standard InChI is InChI=1S/C8H6FNO/c1-10-7-5-6(9)3-4-8(7)11-2/h3-5H,2H3. The van der Waals surface area contributed by atoms with Crippen LogP contribution in [0.4, 0.5) is 10.1 Å². The van der Waals surface area contributed by atoms with E-state index in [1.807, 2.05) is 0 Å². The predicted octanol–water partition coefficient (Wildman–Crippen LogP) is 2.39. The van der Waals surface area contributed by atoms with Crippen molar-refractivity contribution in [1.29, 1.82) is 0 Å². The Morgan fingerprint density at radius 2 is 2.27 bits per heavy atom. The van der Waals surface area contributed by atoms with E-state index in [1.165, 1.54) is 19.2 Å². The fraction of sp³-hybridized carbons (Fsp3) is 0.125. The number of methoxy groups -OCH3 is 1. The van der Waals surface area contributed by atoms with Crippen LogP contribution in [0.1, 0.15) is 0 Å². The van der Waals surface area contributed by atoms with Gasteiger partial charge in [-0.2, -0.15) is 0 Å². The number of hydrogen-bond acceptors (Lipinski definition) is 1. The van der Waals surface area contributed by atoms with Gasteiger partial charge in [0, 0.05) is 0 Å². The van der Waals surface area contributed by atoms with E-state index < -0.39 is 5.82 Å². The van der Waals surface area contributed by atoms with E-state index >= 15 is 0 Å². The number of halogens is 1. The van der Waals surface area contributed by atoms with Crippen molar-refractivity contribution in [3.05, 3.63) is 35.4 Å². The van der Waals surface area contributed by atoms with Crippen molar-refractivity contribution >= 4 is 5.69 Å². The Morgan fingerprint density at radius 1 is 1.55 bits per heavy atom. The number of rotatable bonds is 1. The third kappa shape index (κ3) is 1.47. The highest BCUT2D eigenvalue weighted by Gasteiger charge is 2.02. The lowest BCUT2D eigenvalue weighted by Gasteiger charge is -2.00. The van der Waals surface area contributed by atoms with Crippen LogP contribution in [0.2, 0.25) is 0 Å². The average Bonchev–Trinajstić information content (AvgIpc) is 2.04. The minimum Gasteiger partial charge on any atom is -0.508 e. The molecule has 0 atom stereocenters. The molecule has 1 rings (SSSR count). The van der Waals surface area contributed by atoms with Gasteiger partial charge in [-0.25, -0.2) is 9.24 Å². The second-order valence-electron chi connectivity index (χ2n) is 1.93. The summed E-state index contributed by atoms with van der Waals surface area (Å²) >= 11 is 0. The zero-order chi connectivity index (χ0) is 8.27. The molecule has 0 spiro atoms. The zero-order valence-corrected chi connectivity index (χ0v) is 5.97. The largest absolute Gasteiger partial charge is 0.508 e. The molecule has 0 N–H and O–H groups in total. The first-order chi connectivity index (χ1) is 5.27. The molecule has 0 aliphatic heterocycles. The summed E-state index contributed by atoms with van der Waals surface area (Å²) in [5.41, 5.74) is 0.201. The van der Waals surface area contributed by atoms with Gasteiger partial charge in [-0.1, -0.05) is 0 Å². The quantitative estimate of drug-likeness (QED) is 0.562. The Bertz CT molecular complexity index is 303. The molecule has 0 bridgehead atoms. The van der Waals surface area contributed by atoms with Crippen LogP contribution < -0.4 is 4.74 Å². The number of benzene rings is 1. The molecule has 0 aromatic heterocycles. The normalized spacial score (nSPS) is 8.82. The zero-order valence-electron chi connectivity index (χ0n) is 5.97. The van der Waals surface area contributed by atoms with Crippen molar-refractivity contribution in [2.45, 2.75) is 0 Å². The molecule has 1 aromatic rings. The van der Waals surface area contributed by atoms with Gasteiger partial charge in [-0.3, -0.25) is 0 Å². The molecule has 0 radical (unpaired) electrons. The number of nitrogens with zero attached hydrogens (tertiary/aromatic N) is 1. The molecule has 0 amide bonds. The molecular formula is C8H6FNO. The smallest absolute Gasteiger partial charge is 0.230 e. The monoisotopic (exact) mass is 151 g/mol. The summed E-state index contributed by atoms with van der Waals surface area (Å²) in [6, 6.07) is 3.84. The SMILES string of the molecule is [C-]#[N+]c1cc(F)ccc1OC. The van der Waals surface area contributed by atoms with Crippen molar-refractivity contribution in [2.24, 2.45) is 0 Å². The molecule has 2 nitrogen and oxygen atoms in total. The van der Waals surface area contributed by atoms with Gasteiger partial charge < -0.3 is 4.74 Å². The van der Waals surface area contributed by atoms with Crippen LogP contribution >= 0.6 is 0 Å². The summed E-state index contributed by atoms with van der Waals surface area (Å²) in [5, 5.41) is 0. The third-order valence-electron chi connectivity index (χ3n) is 1.26. The molecule has 1 aromatic carbocycles. The molecule has 0 fully saturated rings. The summed E-state index contributed by atoms with van der Waals surface area (Å²) < 4.78 is 17.3. The van der Waals surface area contributed by atoms with E-state index in [0.29, 0.717) is 5.75 Å². The summed E-state index contributed by atoms with van der Waals surface area (Å²) in [7, 11) is 1.45. The van der Waals surface area contributed by atoms with Gasteiger partial charge in [-0.05, 0) is 18.2 Å². The fourth-order valence-corrected chi connectivity index (χ4v) is 0.751. The fourth-order valence-electron chi connectivity index (χ4n) is 0.751. The Morgan fingerprint density at radius 3 is 2.82 bits per heavy atom. The molecule has 0 aliphatic rings. The maximum Gasteiger partial charge on any atom is 0.230 e. The minimum absolute atomic E-state index is 0.201. The summed E-state index contributed by atoms with van der Waals surface area (Å²) in [5.74, 6) is -0.0156. The first-order valence-electron chi connectivity index (χ1n) is 2.99. The Balaban J connectivity index is 3.19. The van der Waals surface area contributed by atoms with Crippen LogP contribution in [0.15, 0.2) is 18.2 Å². The summed E-state index contributed by atoms with van der Waals surface area (Å²) in [6.45, 7) is 6.66. The second-order valence-corrected chi connectivity index (χ2v) is 1.93. The molecule has 0 heterocycles. The lowest BCUT2D eigenvalue weighted by Crippen LogP contribution is -1.82. The maximum absolute atomic E-state index is 12.5. The van der Waals surface area contributed by atoms with E-state index in [2.05, 4.69) is 4.85 Å². The predicted molar refractivity (Wildman–Crippen MR) is 39.2 cm³/mol. The third-order valence-corrected chi connectivity index (χ3v) is 1.26. The lowest BCUT2D eigenvalue weighted by atomic mass is 10.3. The van der Waals surface area contributed by atoms with Crippen LogP contribution in [0, 0.1) is 12.4 Å². The van der Waals surface area contributed by atoms with Crippen LogP contribution in [0.25, 0.3) is 4.85 Å². The summed E-state index contributed by atoms with van der Waals surface area (Å²) in [6.07, 6.45) is 0. The van der Waals surface area contributed by atoms with Gasteiger partial charge in [0.15, 0.2) is 0 Å². The van der Waals surface area contributed by atoms with Crippen LogP contribution in [0.3, 0.4) is 0 Å². The molecule has 56 valence electrons. The molecule has 0 saturated heterocycles. The number of ether oxygens (including phenoxy) is 1. The maximum atomic E-state index is 12.5. The molecule has 0 aliphatic carbocycles. The van der Waals surface area contributed by atoms with Crippen molar-refractivity contribution in [2.75, 3.05) is 7.11 Å². The second kappa shape index (κ2) is 3.02. The molecule has 11 heavy (non-hydrogen) atoms. The summed E-state index contributed by atoms with van der Waals surface area (Å²) in [4.78, 5) is 3.09. The van der Waals surface area contributed by atoms with Gasteiger partial charge in [0.1, 0.15) is 11.6 Å². The highest BCUT2D eigenvalue weighted by molar-refractivity contribution is 5.57. The van der Waals surface area contributed by atoms with Crippen molar-refractivity contribution in [3.63, 3.8) is 0 Å². The van der Waals surface area contributed by atoms with E-state index in [9.17, 15) is 4.39 Å². The van der Waals surface area contributed by atoms with E-state index in [0.717, 1.165) is 6.07 Å². The highest BCUT2D eigenvalue weighted by atomic mass is 19.1. The van der Waals surface area contributed by atoms with Crippen LogP contribution in [0.5, 0.6) is 5.75 Å². The Labute approximate surface area is 64.0 Å². The number of hydrogen-bond donors (Lipinski definition) is 0.